The Morgan fingerprint density at radius 1 is 0.784 bits per heavy atom. The average Bonchev–Trinajstić information content (AvgIpc) is 3.90. The largest absolute Gasteiger partial charge is 0.497 e. The Kier molecular flexibility index (Phi) is 23.8. The minimum absolute atomic E-state index is 0.0196. The van der Waals surface area contributed by atoms with E-state index < -0.39 is 101 Å². The number of guanidine groups is 1. The lowest BCUT2D eigenvalue weighted by molar-refractivity contribution is -0.147. The number of rotatable bonds is 29. The molecule has 23 nitrogen and oxygen atoms in total. The smallest absolute Gasteiger partial charge is 0.326 e. The molecule has 404 valence electrons. The molecule has 0 spiro atoms. The molecular formula is C51H75N13O10. The number of aromatic nitrogens is 2. The first-order valence-electron chi connectivity index (χ1n) is 25.0. The predicted octanol–water partition coefficient (Wildman–Crippen LogP) is -0.204. The maximum atomic E-state index is 14.7. The molecule has 0 bridgehead atoms. The fraction of sp³-hybridized carbons (Fsp3) is 0.529. The van der Waals surface area contributed by atoms with Crippen molar-refractivity contribution in [3.05, 3.63) is 83.9 Å². The number of nitrogens with one attached hydrogen (secondary N) is 8. The molecule has 1 aromatic heterocycles. The molecule has 2 heterocycles. The van der Waals surface area contributed by atoms with Gasteiger partial charge in [0.05, 0.1) is 20.0 Å². The predicted molar refractivity (Wildman–Crippen MR) is 276 cm³/mol. The summed E-state index contributed by atoms with van der Waals surface area (Å²) in [5, 5.41) is 29.4. The number of nitrogens with zero attached hydrogens (tertiary/aromatic N) is 3. The van der Waals surface area contributed by atoms with Gasteiger partial charge in [-0.25, -0.2) is 9.78 Å². The first-order valence-corrected chi connectivity index (χ1v) is 25.0. The maximum Gasteiger partial charge on any atom is 0.326 e. The number of likely N-dealkylation sites (tertiary alicyclic amines) is 1. The van der Waals surface area contributed by atoms with Crippen LogP contribution in [0, 0.1) is 11.8 Å². The van der Waals surface area contributed by atoms with Crippen molar-refractivity contribution < 1.29 is 48.2 Å². The Morgan fingerprint density at radius 3 is 2.03 bits per heavy atom. The van der Waals surface area contributed by atoms with Crippen LogP contribution in [-0.4, -0.2) is 149 Å². The number of benzene rings is 2. The zero-order chi connectivity index (χ0) is 54.3. The number of carboxylic acids is 1. The lowest BCUT2D eigenvalue weighted by Gasteiger charge is -2.38. The van der Waals surface area contributed by atoms with E-state index in [2.05, 4.69) is 52.2 Å². The summed E-state index contributed by atoms with van der Waals surface area (Å²) in [4.78, 5) is 123. The molecule has 0 aliphatic carbocycles. The van der Waals surface area contributed by atoms with Crippen LogP contribution in [0.1, 0.15) is 83.0 Å². The Hall–Kier alpha value is -7.56. The van der Waals surface area contributed by atoms with Crippen LogP contribution in [0.2, 0.25) is 0 Å². The van der Waals surface area contributed by atoms with Gasteiger partial charge in [0.15, 0.2) is 5.96 Å². The number of ether oxygens (including phenoxy) is 1. The van der Waals surface area contributed by atoms with Crippen molar-refractivity contribution in [1.82, 2.24) is 52.1 Å². The van der Waals surface area contributed by atoms with Gasteiger partial charge in [0.25, 0.3) is 0 Å². The van der Waals surface area contributed by atoms with Crippen molar-refractivity contribution >= 4 is 53.3 Å². The summed E-state index contributed by atoms with van der Waals surface area (Å²) in [5.74, 6) is -6.37. The summed E-state index contributed by atoms with van der Waals surface area (Å²) in [5.41, 5.74) is 12.7. The molecule has 1 aliphatic heterocycles. The molecule has 74 heavy (non-hydrogen) atoms. The molecular weight excluding hydrogens is 955 g/mol. The van der Waals surface area contributed by atoms with Crippen molar-refractivity contribution in [2.75, 3.05) is 33.8 Å². The van der Waals surface area contributed by atoms with Gasteiger partial charge >= 0.3 is 5.97 Å². The summed E-state index contributed by atoms with van der Waals surface area (Å²) >= 11 is 0. The Bertz CT molecular complexity index is 2350. The van der Waals surface area contributed by atoms with Gasteiger partial charge in [0.1, 0.15) is 48.0 Å². The summed E-state index contributed by atoms with van der Waals surface area (Å²) in [7, 11) is 3.08. The van der Waals surface area contributed by atoms with E-state index in [4.69, 9.17) is 16.2 Å². The number of piperidine rings is 1. The third-order valence-electron chi connectivity index (χ3n) is 12.8. The van der Waals surface area contributed by atoms with Crippen LogP contribution in [0.3, 0.4) is 0 Å². The molecule has 0 radical (unpaired) electrons. The van der Waals surface area contributed by atoms with Crippen LogP contribution in [0.25, 0.3) is 0 Å². The maximum absolute atomic E-state index is 14.7. The van der Waals surface area contributed by atoms with E-state index in [1.54, 1.807) is 82.4 Å². The topological polar surface area (TPSA) is 347 Å². The number of likely N-dealkylation sites (N-methyl/N-ethyl adjacent to an activating group) is 1. The van der Waals surface area contributed by atoms with Gasteiger partial charge in [-0.3, -0.25) is 38.6 Å². The first-order chi connectivity index (χ1) is 35.3. The Morgan fingerprint density at radius 2 is 1.42 bits per heavy atom. The Balaban J connectivity index is 1.61. The minimum atomic E-state index is -1.31. The number of carbonyl (C=O) groups is 8. The zero-order valence-corrected chi connectivity index (χ0v) is 43.2. The number of carboxylic acid groups (broad SMARTS) is 1. The van der Waals surface area contributed by atoms with Crippen molar-refractivity contribution in [2.45, 2.75) is 128 Å². The summed E-state index contributed by atoms with van der Waals surface area (Å²) in [6.45, 7) is 7.26. The number of nitrogens with two attached hydrogens (primary N) is 2. The molecule has 0 saturated carbocycles. The van der Waals surface area contributed by atoms with Crippen molar-refractivity contribution in [2.24, 2.45) is 28.3 Å². The number of amides is 7. The third-order valence-corrected chi connectivity index (χ3v) is 12.8. The second kappa shape index (κ2) is 29.8. The van der Waals surface area contributed by atoms with Gasteiger partial charge in [-0.2, -0.15) is 0 Å². The number of hydrogen-bond donors (Lipinski definition) is 11. The van der Waals surface area contributed by atoms with Gasteiger partial charge < -0.3 is 68.4 Å². The number of methoxy groups -OCH3 is 1. The molecule has 13 N–H and O–H groups in total. The number of hydrogen-bond acceptors (Lipinski definition) is 12. The number of aromatic amines is 1. The van der Waals surface area contributed by atoms with E-state index in [-0.39, 0.29) is 57.7 Å². The number of aliphatic imine (C=N–C) groups is 1. The van der Waals surface area contributed by atoms with Crippen molar-refractivity contribution in [3.63, 3.8) is 0 Å². The van der Waals surface area contributed by atoms with Crippen LogP contribution in [0.5, 0.6) is 5.75 Å². The van der Waals surface area contributed by atoms with Crippen LogP contribution in [0.4, 0.5) is 0 Å². The molecule has 7 amide bonds. The van der Waals surface area contributed by atoms with E-state index >= 15 is 0 Å². The van der Waals surface area contributed by atoms with Crippen LogP contribution in [0.15, 0.2) is 72.1 Å². The van der Waals surface area contributed by atoms with Gasteiger partial charge in [-0.05, 0) is 74.2 Å². The average molecular weight is 1030 g/mol. The first kappa shape index (κ1) is 59.0. The normalized spacial score (nSPS) is 16.1. The van der Waals surface area contributed by atoms with Gasteiger partial charge in [-0.15, -0.1) is 0 Å². The number of aliphatic carboxylic acids is 1. The molecule has 1 aliphatic rings. The molecule has 3 aromatic rings. The SMILES string of the molecule is CC[C@H](C)[C@H](NC(=O)[C@H](Cc1ccc(OC)cc1)NC(=O)[C@@H](NC(=O)[C@H](CCCN=C(N)N)NC(=O)CNC)C(C)C)C(=O)N[C@@H](Cc1cnc[nH]1)C(=O)N1CCCC[C@H]1C(=O)N[C@@H](Cc1ccccc1)C(=O)O. The van der Waals surface area contributed by atoms with E-state index in [9.17, 15) is 43.5 Å². The van der Waals surface area contributed by atoms with E-state index in [1.807, 2.05) is 6.92 Å². The van der Waals surface area contributed by atoms with E-state index in [1.165, 1.54) is 24.5 Å². The fourth-order valence-corrected chi connectivity index (χ4v) is 8.45. The molecule has 2 aromatic carbocycles. The highest BCUT2D eigenvalue weighted by molar-refractivity contribution is 5.98. The highest BCUT2D eigenvalue weighted by Gasteiger charge is 2.40. The zero-order valence-electron chi connectivity index (χ0n) is 43.2. The van der Waals surface area contributed by atoms with Crippen LogP contribution in [-0.2, 0) is 57.6 Å². The number of carbonyl (C=O) groups excluding carboxylic acids is 7. The fourth-order valence-electron chi connectivity index (χ4n) is 8.45. The van der Waals surface area contributed by atoms with Gasteiger partial charge in [-0.1, -0.05) is 76.6 Å². The van der Waals surface area contributed by atoms with Gasteiger partial charge in [0.2, 0.25) is 41.4 Å². The van der Waals surface area contributed by atoms with Gasteiger partial charge in [0, 0.05) is 44.2 Å². The highest BCUT2D eigenvalue weighted by Crippen LogP contribution is 2.21. The summed E-state index contributed by atoms with van der Waals surface area (Å²) in [6.07, 6.45) is 5.05. The van der Waals surface area contributed by atoms with Crippen molar-refractivity contribution in [1.29, 1.82) is 0 Å². The lowest BCUT2D eigenvalue weighted by atomic mass is 9.95. The molecule has 0 unspecified atom stereocenters. The second-order valence-corrected chi connectivity index (χ2v) is 18.8. The second-order valence-electron chi connectivity index (χ2n) is 18.8. The summed E-state index contributed by atoms with van der Waals surface area (Å²) in [6, 6.07) is 7.25. The minimum Gasteiger partial charge on any atom is -0.497 e. The molecule has 1 fully saturated rings. The highest BCUT2D eigenvalue weighted by atomic mass is 16.5. The summed E-state index contributed by atoms with van der Waals surface area (Å²) < 4.78 is 5.32. The van der Waals surface area contributed by atoms with Crippen molar-refractivity contribution in [3.8, 4) is 5.75 Å². The molecule has 23 heteroatoms. The number of imidazole rings is 1. The van der Waals surface area contributed by atoms with Crippen LogP contribution < -0.4 is 53.4 Å². The monoisotopic (exact) mass is 1030 g/mol. The quantitative estimate of drug-likeness (QED) is 0.0244. The Labute approximate surface area is 431 Å². The van der Waals surface area contributed by atoms with Crippen LogP contribution >= 0.6 is 0 Å². The number of H-pyrrole nitrogens is 1. The molecule has 4 rings (SSSR count). The lowest BCUT2D eigenvalue weighted by Crippen LogP contribution is -2.62. The van der Waals surface area contributed by atoms with E-state index in [0.29, 0.717) is 48.3 Å². The van der Waals surface area contributed by atoms with E-state index in [0.717, 1.165) is 0 Å². The third kappa shape index (κ3) is 18.5. The molecule has 1 saturated heterocycles. The molecule has 8 atom stereocenters. The standard InChI is InChI=1S/C51H75N13O10/c1-7-31(4)43(48(70)60-38(26-34-27-55-29-57-34)49(71)64-23-12-11-17-40(64)46(68)61-39(50(72)73)25-32-14-9-8-10-15-32)63-45(67)37(24-33-18-20-35(74-6)21-19-33)59-47(69)42(30(2)3)62-44(66)36(58-41(65)28-54-5)16-13-22-56-51(52)53/h8-10,14-15,18-21,27,29-31,36-40,42-43,54H,7,11-13,16-17,22-26,28H2,1-6H3,(H,55,57)(H,58,65)(H,59,69)(H,60,70)(H,61,68)(H,62,66)(H,63,67)(H,72,73)(H4,52,53,56)/t31-,36-,37-,38-,39-,40-,42-,43-/m0/s1.